The maximum absolute atomic E-state index is 11.2. The van der Waals surface area contributed by atoms with Gasteiger partial charge in [0.25, 0.3) is 0 Å². The molecule has 0 spiro atoms. The van der Waals surface area contributed by atoms with Crippen molar-refractivity contribution in [2.45, 2.75) is 27.2 Å². The van der Waals surface area contributed by atoms with Crippen LogP contribution in [0.2, 0.25) is 0 Å². The molecule has 4 heteroatoms. The molecule has 1 atom stereocenters. The van der Waals surface area contributed by atoms with Crippen LogP contribution in [-0.4, -0.2) is 17.9 Å². The van der Waals surface area contributed by atoms with Gasteiger partial charge in [0.15, 0.2) is 11.5 Å². The Morgan fingerprint density at radius 2 is 1.94 bits per heavy atom. The molecule has 1 aliphatic heterocycles. The standard InChI is InChI=1S/C14H18O4/c1-8(2)11(14(15)16)5-10-6-13-12(4-9(10)3)17-7-18-13/h4,6,8,11H,5,7H2,1-3H3,(H,15,16). The molecule has 0 saturated heterocycles. The molecule has 4 nitrogen and oxygen atoms in total. The van der Waals surface area contributed by atoms with Crippen LogP contribution >= 0.6 is 0 Å². The molecular formula is C14H18O4. The Kier molecular flexibility index (Phi) is 3.45. The van der Waals surface area contributed by atoms with Gasteiger partial charge in [-0.3, -0.25) is 4.79 Å². The molecule has 2 rings (SSSR count). The van der Waals surface area contributed by atoms with E-state index in [4.69, 9.17) is 9.47 Å². The van der Waals surface area contributed by atoms with Crippen molar-refractivity contribution in [1.29, 1.82) is 0 Å². The van der Waals surface area contributed by atoms with Gasteiger partial charge in [0.05, 0.1) is 5.92 Å². The maximum atomic E-state index is 11.2. The highest BCUT2D eigenvalue weighted by molar-refractivity contribution is 5.71. The first-order valence-electron chi connectivity index (χ1n) is 6.11. The largest absolute Gasteiger partial charge is 0.481 e. The van der Waals surface area contributed by atoms with Gasteiger partial charge < -0.3 is 14.6 Å². The SMILES string of the molecule is Cc1cc2c(cc1CC(C(=O)O)C(C)C)OCO2. The van der Waals surface area contributed by atoms with E-state index in [9.17, 15) is 9.90 Å². The van der Waals surface area contributed by atoms with Crippen LogP contribution in [-0.2, 0) is 11.2 Å². The molecule has 1 N–H and O–H groups in total. The Labute approximate surface area is 107 Å². The van der Waals surface area contributed by atoms with E-state index in [1.165, 1.54) is 0 Å². The molecule has 1 aliphatic rings. The summed E-state index contributed by atoms with van der Waals surface area (Å²) in [5, 5.41) is 9.23. The summed E-state index contributed by atoms with van der Waals surface area (Å²) in [6, 6.07) is 3.81. The zero-order valence-electron chi connectivity index (χ0n) is 10.9. The fourth-order valence-electron chi connectivity index (χ4n) is 2.15. The highest BCUT2D eigenvalue weighted by atomic mass is 16.7. The third-order valence-electron chi connectivity index (χ3n) is 3.39. The topological polar surface area (TPSA) is 55.8 Å². The first kappa shape index (κ1) is 12.7. The summed E-state index contributed by atoms with van der Waals surface area (Å²) in [4.78, 5) is 11.2. The molecule has 18 heavy (non-hydrogen) atoms. The molecule has 0 bridgehead atoms. The summed E-state index contributed by atoms with van der Waals surface area (Å²) in [5.74, 6) is 0.439. The van der Waals surface area contributed by atoms with Crippen LogP contribution in [0.25, 0.3) is 0 Å². The number of hydrogen-bond acceptors (Lipinski definition) is 3. The van der Waals surface area contributed by atoms with Crippen molar-refractivity contribution in [1.82, 2.24) is 0 Å². The van der Waals surface area contributed by atoms with Crippen molar-refractivity contribution >= 4 is 5.97 Å². The highest BCUT2D eigenvalue weighted by Crippen LogP contribution is 2.35. The normalized spacial score (nSPS) is 14.9. The first-order chi connectivity index (χ1) is 8.49. The second kappa shape index (κ2) is 4.88. The highest BCUT2D eigenvalue weighted by Gasteiger charge is 2.24. The molecule has 0 fully saturated rings. The molecule has 0 aromatic heterocycles. The molecule has 0 amide bonds. The Balaban J connectivity index is 2.26. The van der Waals surface area contributed by atoms with Gasteiger partial charge in [-0.2, -0.15) is 0 Å². The van der Waals surface area contributed by atoms with Crippen LogP contribution in [0.4, 0.5) is 0 Å². The summed E-state index contributed by atoms with van der Waals surface area (Å²) >= 11 is 0. The van der Waals surface area contributed by atoms with Gasteiger partial charge in [0.2, 0.25) is 6.79 Å². The fourth-order valence-corrected chi connectivity index (χ4v) is 2.15. The van der Waals surface area contributed by atoms with E-state index in [2.05, 4.69) is 0 Å². The van der Waals surface area contributed by atoms with Crippen LogP contribution in [0, 0.1) is 18.8 Å². The molecule has 0 saturated carbocycles. The second-order valence-corrected chi connectivity index (χ2v) is 5.02. The molecule has 0 radical (unpaired) electrons. The smallest absolute Gasteiger partial charge is 0.307 e. The summed E-state index contributed by atoms with van der Waals surface area (Å²) in [7, 11) is 0. The number of ether oxygens (including phenoxy) is 2. The molecule has 0 aliphatic carbocycles. The molecule has 1 unspecified atom stereocenters. The number of carboxylic acid groups (broad SMARTS) is 1. The lowest BCUT2D eigenvalue weighted by Gasteiger charge is -2.17. The van der Waals surface area contributed by atoms with Gasteiger partial charge >= 0.3 is 5.97 Å². The lowest BCUT2D eigenvalue weighted by Crippen LogP contribution is -2.22. The third-order valence-corrected chi connectivity index (χ3v) is 3.39. The van der Waals surface area contributed by atoms with Crippen molar-refractivity contribution in [2.24, 2.45) is 11.8 Å². The van der Waals surface area contributed by atoms with Gasteiger partial charge in [0, 0.05) is 0 Å². The van der Waals surface area contributed by atoms with Crippen molar-refractivity contribution in [3.05, 3.63) is 23.3 Å². The Bertz CT molecular complexity index is 465. The van der Waals surface area contributed by atoms with E-state index in [0.29, 0.717) is 12.2 Å². The number of carboxylic acids is 1. The lowest BCUT2D eigenvalue weighted by molar-refractivity contribution is -0.143. The van der Waals surface area contributed by atoms with E-state index >= 15 is 0 Å². The minimum absolute atomic E-state index is 0.104. The Hall–Kier alpha value is -1.71. The predicted molar refractivity (Wildman–Crippen MR) is 67.0 cm³/mol. The average Bonchev–Trinajstić information content (AvgIpc) is 2.71. The minimum atomic E-state index is -0.748. The van der Waals surface area contributed by atoms with Gasteiger partial charge in [-0.15, -0.1) is 0 Å². The van der Waals surface area contributed by atoms with E-state index in [1.54, 1.807) is 0 Å². The maximum Gasteiger partial charge on any atom is 0.307 e. The molecule has 98 valence electrons. The fraction of sp³-hybridized carbons (Fsp3) is 0.500. The van der Waals surface area contributed by atoms with E-state index in [-0.39, 0.29) is 18.6 Å². The summed E-state index contributed by atoms with van der Waals surface area (Å²) in [6.07, 6.45) is 0.523. The van der Waals surface area contributed by atoms with Gasteiger partial charge in [-0.05, 0) is 42.5 Å². The molecular weight excluding hydrogens is 232 g/mol. The van der Waals surface area contributed by atoms with E-state index < -0.39 is 5.97 Å². The van der Waals surface area contributed by atoms with Gasteiger partial charge in [-0.1, -0.05) is 13.8 Å². The number of aliphatic carboxylic acids is 1. The lowest BCUT2D eigenvalue weighted by atomic mass is 9.88. The van der Waals surface area contributed by atoms with Gasteiger partial charge in [0.1, 0.15) is 0 Å². The van der Waals surface area contributed by atoms with E-state index in [0.717, 1.165) is 16.9 Å². The Morgan fingerprint density at radius 1 is 1.33 bits per heavy atom. The van der Waals surface area contributed by atoms with Crippen molar-refractivity contribution < 1.29 is 19.4 Å². The Morgan fingerprint density at radius 3 is 2.50 bits per heavy atom. The number of hydrogen-bond donors (Lipinski definition) is 1. The first-order valence-corrected chi connectivity index (χ1v) is 6.11. The number of fused-ring (bicyclic) bond motifs is 1. The van der Waals surface area contributed by atoms with Crippen molar-refractivity contribution in [3.63, 3.8) is 0 Å². The number of benzene rings is 1. The van der Waals surface area contributed by atoms with Crippen LogP contribution in [0.5, 0.6) is 11.5 Å². The van der Waals surface area contributed by atoms with Crippen molar-refractivity contribution in [3.8, 4) is 11.5 Å². The number of rotatable bonds is 4. The number of aryl methyl sites for hydroxylation is 1. The van der Waals surface area contributed by atoms with Crippen LogP contribution in [0.15, 0.2) is 12.1 Å². The second-order valence-electron chi connectivity index (χ2n) is 5.02. The summed E-state index contributed by atoms with van der Waals surface area (Å²) in [5.41, 5.74) is 2.06. The van der Waals surface area contributed by atoms with Crippen LogP contribution in [0.1, 0.15) is 25.0 Å². The third kappa shape index (κ3) is 2.42. The van der Waals surface area contributed by atoms with Gasteiger partial charge in [-0.25, -0.2) is 0 Å². The predicted octanol–water partition coefficient (Wildman–Crippen LogP) is 2.62. The molecule has 1 heterocycles. The van der Waals surface area contributed by atoms with Crippen LogP contribution in [0.3, 0.4) is 0 Å². The zero-order valence-corrected chi connectivity index (χ0v) is 10.9. The molecule has 1 aromatic carbocycles. The van der Waals surface area contributed by atoms with E-state index in [1.807, 2.05) is 32.9 Å². The average molecular weight is 250 g/mol. The molecule has 1 aromatic rings. The summed E-state index contributed by atoms with van der Waals surface area (Å²) in [6.45, 7) is 6.07. The number of carbonyl (C=O) groups is 1. The van der Waals surface area contributed by atoms with Crippen LogP contribution < -0.4 is 9.47 Å². The minimum Gasteiger partial charge on any atom is -0.481 e. The monoisotopic (exact) mass is 250 g/mol. The summed E-state index contributed by atoms with van der Waals surface area (Å²) < 4.78 is 10.6. The quantitative estimate of drug-likeness (QED) is 0.892. The zero-order chi connectivity index (χ0) is 13.3. The van der Waals surface area contributed by atoms with Crippen molar-refractivity contribution in [2.75, 3.05) is 6.79 Å².